The molecule has 0 heterocycles. The minimum absolute atomic E-state index is 0.0224. The Balaban J connectivity index is 1.57. The summed E-state index contributed by atoms with van der Waals surface area (Å²) in [6, 6.07) is 15.7. The molecule has 0 aliphatic heterocycles. The zero-order chi connectivity index (χ0) is 18.2. The average Bonchev–Trinajstić information content (AvgIpc) is 2.69. The summed E-state index contributed by atoms with van der Waals surface area (Å²) in [7, 11) is 0. The molecule has 0 atom stereocenters. The number of carbonyl (C=O) groups is 1. The molecule has 0 radical (unpaired) electrons. The first-order valence-corrected chi connectivity index (χ1v) is 9.81. The van der Waals surface area contributed by atoms with Crippen LogP contribution in [0.2, 0.25) is 0 Å². The van der Waals surface area contributed by atoms with Crippen molar-refractivity contribution in [1.29, 1.82) is 0 Å². The SMILES string of the molecule is O=C(N/N=C\c1ccccc1OCc1ccc(Br)cc1)C1CCCCC1. The van der Waals surface area contributed by atoms with Crippen LogP contribution in [-0.2, 0) is 11.4 Å². The highest BCUT2D eigenvalue weighted by Crippen LogP contribution is 2.23. The number of hydrazone groups is 1. The van der Waals surface area contributed by atoms with Gasteiger partial charge in [0.2, 0.25) is 5.91 Å². The number of para-hydroxylation sites is 1. The molecular weight excluding hydrogens is 392 g/mol. The molecule has 1 saturated carbocycles. The molecule has 1 fully saturated rings. The Morgan fingerprint density at radius 3 is 2.62 bits per heavy atom. The molecular formula is C21H23BrN2O2. The summed E-state index contributed by atoms with van der Waals surface area (Å²) in [5.41, 5.74) is 4.61. The van der Waals surface area contributed by atoms with Gasteiger partial charge in [-0.15, -0.1) is 0 Å². The molecule has 5 heteroatoms. The van der Waals surface area contributed by atoms with Crippen molar-refractivity contribution in [2.75, 3.05) is 0 Å². The van der Waals surface area contributed by atoms with Crippen molar-refractivity contribution >= 4 is 28.1 Å². The maximum absolute atomic E-state index is 12.2. The van der Waals surface area contributed by atoms with E-state index in [1.165, 1.54) is 6.42 Å². The molecule has 0 unspecified atom stereocenters. The second-order valence-electron chi connectivity index (χ2n) is 6.52. The third-order valence-electron chi connectivity index (χ3n) is 4.58. The second kappa shape index (κ2) is 9.53. The summed E-state index contributed by atoms with van der Waals surface area (Å²) in [5, 5.41) is 4.13. The molecule has 0 bridgehead atoms. The monoisotopic (exact) mass is 414 g/mol. The number of nitrogens with one attached hydrogen (secondary N) is 1. The van der Waals surface area contributed by atoms with Gasteiger partial charge in [-0.1, -0.05) is 59.5 Å². The van der Waals surface area contributed by atoms with Gasteiger partial charge in [0, 0.05) is 16.0 Å². The van der Waals surface area contributed by atoms with E-state index in [9.17, 15) is 4.79 Å². The van der Waals surface area contributed by atoms with Gasteiger partial charge in [-0.2, -0.15) is 5.10 Å². The van der Waals surface area contributed by atoms with E-state index < -0.39 is 0 Å². The van der Waals surface area contributed by atoms with Gasteiger partial charge < -0.3 is 4.74 Å². The van der Waals surface area contributed by atoms with Crippen molar-refractivity contribution in [2.24, 2.45) is 11.0 Å². The number of rotatable bonds is 6. The number of ether oxygens (including phenoxy) is 1. The zero-order valence-corrected chi connectivity index (χ0v) is 16.2. The quantitative estimate of drug-likeness (QED) is 0.530. The normalized spacial score (nSPS) is 15.1. The molecule has 2 aromatic rings. The third kappa shape index (κ3) is 5.43. The molecule has 1 aliphatic rings. The van der Waals surface area contributed by atoms with Gasteiger partial charge in [0.05, 0.1) is 6.21 Å². The Labute approximate surface area is 162 Å². The van der Waals surface area contributed by atoms with Gasteiger partial charge >= 0.3 is 0 Å². The smallest absolute Gasteiger partial charge is 0.243 e. The lowest BCUT2D eigenvalue weighted by atomic mass is 9.89. The average molecular weight is 415 g/mol. The fraction of sp³-hybridized carbons (Fsp3) is 0.333. The van der Waals surface area contributed by atoms with E-state index in [0.29, 0.717) is 6.61 Å². The minimum Gasteiger partial charge on any atom is -0.488 e. The van der Waals surface area contributed by atoms with Gasteiger partial charge in [-0.3, -0.25) is 4.79 Å². The van der Waals surface area contributed by atoms with E-state index >= 15 is 0 Å². The Morgan fingerprint density at radius 2 is 1.85 bits per heavy atom. The van der Waals surface area contributed by atoms with Crippen molar-refractivity contribution in [3.05, 3.63) is 64.1 Å². The number of hydrogen-bond acceptors (Lipinski definition) is 3. The summed E-state index contributed by atoms with van der Waals surface area (Å²) < 4.78 is 6.96. The van der Waals surface area contributed by atoms with Crippen molar-refractivity contribution < 1.29 is 9.53 Å². The molecule has 4 nitrogen and oxygen atoms in total. The van der Waals surface area contributed by atoms with Crippen molar-refractivity contribution in [3.63, 3.8) is 0 Å². The first-order chi connectivity index (χ1) is 12.7. The topological polar surface area (TPSA) is 50.7 Å². The minimum atomic E-state index is 0.0224. The number of amides is 1. The number of benzene rings is 2. The van der Waals surface area contributed by atoms with Crippen LogP contribution in [0.25, 0.3) is 0 Å². The van der Waals surface area contributed by atoms with Gasteiger partial charge in [0.1, 0.15) is 12.4 Å². The van der Waals surface area contributed by atoms with Crippen molar-refractivity contribution in [2.45, 2.75) is 38.7 Å². The Hall–Kier alpha value is -2.14. The Kier molecular flexibility index (Phi) is 6.83. The summed E-state index contributed by atoms with van der Waals surface area (Å²) in [4.78, 5) is 12.2. The van der Waals surface area contributed by atoms with E-state index in [0.717, 1.165) is 47.0 Å². The van der Waals surface area contributed by atoms with Crippen LogP contribution in [0.5, 0.6) is 5.75 Å². The first-order valence-electron chi connectivity index (χ1n) is 9.01. The lowest BCUT2D eigenvalue weighted by Gasteiger charge is -2.19. The van der Waals surface area contributed by atoms with Crippen LogP contribution in [0.4, 0.5) is 0 Å². The van der Waals surface area contributed by atoms with E-state index in [1.807, 2.05) is 48.5 Å². The summed E-state index contributed by atoms with van der Waals surface area (Å²) in [6.45, 7) is 0.479. The Morgan fingerprint density at radius 1 is 1.12 bits per heavy atom. The van der Waals surface area contributed by atoms with E-state index in [4.69, 9.17) is 4.74 Å². The van der Waals surface area contributed by atoms with Crippen LogP contribution in [-0.4, -0.2) is 12.1 Å². The van der Waals surface area contributed by atoms with Crippen LogP contribution in [0, 0.1) is 5.92 Å². The highest BCUT2D eigenvalue weighted by Gasteiger charge is 2.20. The van der Waals surface area contributed by atoms with Crippen LogP contribution in [0.15, 0.2) is 58.1 Å². The number of hydrogen-bond donors (Lipinski definition) is 1. The Bertz CT molecular complexity index is 753. The number of nitrogens with zero attached hydrogens (tertiary/aromatic N) is 1. The summed E-state index contributed by atoms with van der Waals surface area (Å²) in [5.74, 6) is 0.866. The maximum Gasteiger partial charge on any atom is 0.243 e. The predicted octanol–water partition coefficient (Wildman–Crippen LogP) is 5.06. The lowest BCUT2D eigenvalue weighted by Crippen LogP contribution is -2.28. The highest BCUT2D eigenvalue weighted by atomic mass is 79.9. The standard InChI is InChI=1S/C21H23BrN2O2/c22-19-12-10-16(11-13-19)15-26-20-9-5-4-8-18(20)14-23-24-21(25)17-6-2-1-3-7-17/h4-5,8-14,17H,1-3,6-7,15H2,(H,24,25)/b23-14-. The zero-order valence-electron chi connectivity index (χ0n) is 14.7. The largest absolute Gasteiger partial charge is 0.488 e. The van der Waals surface area contributed by atoms with Crippen LogP contribution in [0.1, 0.15) is 43.2 Å². The van der Waals surface area contributed by atoms with Gasteiger partial charge in [0.25, 0.3) is 0 Å². The third-order valence-corrected chi connectivity index (χ3v) is 5.11. The number of halogens is 1. The maximum atomic E-state index is 12.2. The van der Waals surface area contributed by atoms with Crippen LogP contribution >= 0.6 is 15.9 Å². The van der Waals surface area contributed by atoms with E-state index in [-0.39, 0.29) is 11.8 Å². The molecule has 0 saturated heterocycles. The highest BCUT2D eigenvalue weighted by molar-refractivity contribution is 9.10. The second-order valence-corrected chi connectivity index (χ2v) is 7.44. The predicted molar refractivity (Wildman–Crippen MR) is 107 cm³/mol. The first kappa shape index (κ1) is 18.6. The van der Waals surface area contributed by atoms with Crippen molar-refractivity contribution in [3.8, 4) is 5.75 Å². The fourth-order valence-electron chi connectivity index (χ4n) is 3.08. The summed E-state index contributed by atoms with van der Waals surface area (Å²) >= 11 is 3.43. The number of carbonyl (C=O) groups excluding carboxylic acids is 1. The van der Waals surface area contributed by atoms with E-state index in [1.54, 1.807) is 6.21 Å². The molecule has 136 valence electrons. The molecule has 0 spiro atoms. The van der Waals surface area contributed by atoms with E-state index in [2.05, 4.69) is 26.5 Å². The molecule has 0 aromatic heterocycles. The fourth-order valence-corrected chi connectivity index (χ4v) is 3.35. The molecule has 1 amide bonds. The molecule has 1 aliphatic carbocycles. The molecule has 2 aromatic carbocycles. The molecule has 1 N–H and O–H groups in total. The molecule has 3 rings (SSSR count). The van der Waals surface area contributed by atoms with Gasteiger partial charge in [0.15, 0.2) is 0 Å². The lowest BCUT2D eigenvalue weighted by molar-refractivity contribution is -0.125. The van der Waals surface area contributed by atoms with Crippen LogP contribution in [0.3, 0.4) is 0 Å². The van der Waals surface area contributed by atoms with Crippen molar-refractivity contribution in [1.82, 2.24) is 5.43 Å². The van der Waals surface area contributed by atoms with Gasteiger partial charge in [-0.05, 0) is 42.7 Å². The van der Waals surface area contributed by atoms with Crippen LogP contribution < -0.4 is 10.2 Å². The van der Waals surface area contributed by atoms with Gasteiger partial charge in [-0.25, -0.2) is 5.43 Å². The summed E-state index contributed by atoms with van der Waals surface area (Å²) in [6.07, 6.45) is 7.08. The molecule has 26 heavy (non-hydrogen) atoms.